The van der Waals surface area contributed by atoms with Crippen molar-refractivity contribution in [2.24, 2.45) is 23.7 Å². The minimum Gasteiger partial charge on any atom is -0.462 e. The zero-order chi connectivity index (χ0) is 46.8. The predicted molar refractivity (Wildman–Crippen MR) is 246 cm³/mol. The number of pyridine rings is 1. The van der Waals surface area contributed by atoms with Crippen LogP contribution in [0.25, 0.3) is 16.6 Å². The monoisotopic (exact) mass is 897 g/mol. The molecule has 0 bridgehead atoms. The zero-order valence-corrected chi connectivity index (χ0v) is 38.8. The van der Waals surface area contributed by atoms with Crippen molar-refractivity contribution in [1.29, 1.82) is 0 Å². The van der Waals surface area contributed by atoms with E-state index in [2.05, 4.69) is 32.3 Å². The van der Waals surface area contributed by atoms with E-state index in [4.69, 9.17) is 14.2 Å². The molecule has 15 nitrogen and oxygen atoms in total. The van der Waals surface area contributed by atoms with Gasteiger partial charge in [0.05, 0.1) is 72.8 Å². The van der Waals surface area contributed by atoms with Crippen LogP contribution >= 0.6 is 0 Å². The Morgan fingerprint density at radius 2 is 1.69 bits per heavy atom. The van der Waals surface area contributed by atoms with Gasteiger partial charge in [0, 0.05) is 36.2 Å². The highest BCUT2D eigenvalue weighted by Gasteiger charge is 2.47. The molecule has 2 unspecified atom stereocenters. The molecule has 352 valence electrons. The highest BCUT2D eigenvalue weighted by molar-refractivity contribution is 5.91. The summed E-state index contributed by atoms with van der Waals surface area (Å²) in [5.41, 5.74) is 4.21. The van der Waals surface area contributed by atoms with E-state index in [1.165, 1.54) is 0 Å². The number of ketones is 1. The van der Waals surface area contributed by atoms with Crippen molar-refractivity contribution in [1.82, 2.24) is 29.8 Å². The lowest BCUT2D eigenvalue weighted by Gasteiger charge is -2.46. The number of fused-ring (bicyclic) bond motifs is 1. The second kappa shape index (κ2) is 23.1. The first-order valence-electron chi connectivity index (χ1n) is 22.9. The Balaban J connectivity index is 1.35. The van der Waals surface area contributed by atoms with Crippen molar-refractivity contribution in [3.63, 3.8) is 0 Å². The first-order chi connectivity index (χ1) is 31.1. The number of likely N-dealkylation sites (N-methyl/N-ethyl adjacent to an activating group) is 1. The fourth-order valence-electron chi connectivity index (χ4n) is 9.17. The number of allylic oxidation sites excluding steroid dienone is 3. The topological polar surface area (TPSA) is 193 Å². The van der Waals surface area contributed by atoms with Crippen LogP contribution in [0.15, 0.2) is 96.9 Å². The van der Waals surface area contributed by atoms with Gasteiger partial charge in [0.15, 0.2) is 12.1 Å². The van der Waals surface area contributed by atoms with Crippen LogP contribution in [-0.2, 0) is 36.9 Å². The van der Waals surface area contributed by atoms with Gasteiger partial charge < -0.3 is 39.5 Å². The van der Waals surface area contributed by atoms with Crippen LogP contribution in [0.4, 0.5) is 0 Å². The van der Waals surface area contributed by atoms with Crippen molar-refractivity contribution in [3.8, 4) is 5.69 Å². The smallest absolute Gasteiger partial charge is 0.308 e. The molecule has 0 radical (unpaired) electrons. The summed E-state index contributed by atoms with van der Waals surface area (Å²) in [5.74, 6) is -2.91. The third kappa shape index (κ3) is 13.0. The lowest BCUT2D eigenvalue weighted by atomic mass is 9.79. The van der Waals surface area contributed by atoms with Gasteiger partial charge in [-0.3, -0.25) is 19.5 Å². The molecule has 1 fully saturated rings. The van der Waals surface area contributed by atoms with Gasteiger partial charge in [0.1, 0.15) is 12.2 Å². The fraction of sp³-hybridized carbons (Fsp3) is 0.540. The maximum atomic E-state index is 14.0. The molecule has 12 atom stereocenters. The second-order valence-corrected chi connectivity index (χ2v) is 18.2. The maximum Gasteiger partial charge on any atom is 0.308 e. The van der Waals surface area contributed by atoms with Crippen LogP contribution in [0.5, 0.6) is 0 Å². The summed E-state index contributed by atoms with van der Waals surface area (Å²) in [6.07, 6.45) is 2.62. The molecule has 2 aromatic heterocycles. The summed E-state index contributed by atoms with van der Waals surface area (Å²) >= 11 is 0. The summed E-state index contributed by atoms with van der Waals surface area (Å²) < 4.78 is 20.7. The number of para-hydroxylation sites is 1. The van der Waals surface area contributed by atoms with Crippen LogP contribution in [0, 0.1) is 23.7 Å². The van der Waals surface area contributed by atoms with E-state index in [0.29, 0.717) is 38.9 Å². The molecular weight excluding hydrogens is 829 g/mol. The third-order valence-corrected chi connectivity index (χ3v) is 13.0. The highest BCUT2D eigenvalue weighted by atomic mass is 16.7. The minimum atomic E-state index is -1.28. The first kappa shape index (κ1) is 49.7. The number of benzene rings is 2. The lowest BCUT2D eigenvalue weighted by Crippen LogP contribution is -2.63. The van der Waals surface area contributed by atoms with E-state index < -0.39 is 78.6 Å². The Morgan fingerprint density at radius 3 is 2.42 bits per heavy atom. The Morgan fingerprint density at radius 1 is 0.954 bits per heavy atom. The molecule has 0 aliphatic carbocycles. The molecule has 2 aliphatic heterocycles. The van der Waals surface area contributed by atoms with Gasteiger partial charge in [0.25, 0.3) is 0 Å². The quantitative estimate of drug-likeness (QED) is 0.131. The first-order valence-corrected chi connectivity index (χ1v) is 22.9. The SMILES string of the molecule is CC[C@H]1OC(=O)C[C@@H](O)[C@H](C)[C@@H](O[C@@H]2O[C@H](C)[C@@H](O)C(N(C)C)C2O)[C@@H](CCN(Cc2ccccc2)Cc2cn(-c3cnc4ccccc4c3)nn2)C[C@@H](C)C(=O)/C=C/C(C)=C/[C@@H]1CO. The van der Waals surface area contributed by atoms with E-state index in [9.17, 15) is 30.0 Å². The standard InChI is InChI=1S/C50H68N6O9/c1-8-44-38(30-57)22-31(2)18-19-42(58)32(3)23-37(49(33(4)43(59)25-45(60)64-44)65-50-48(62)46(54(6)7)47(61)34(5)63-50)20-21-55(27-35-14-10-9-11-15-35)28-39-29-56(53-52-39)40-24-36-16-12-13-17-41(36)51-26-40/h9-19,22,24,26,29,32-34,37-38,43-44,46-50,57,59,61-62H,8,20-21,23,25,27-28,30H2,1-7H3/b19-18+,31-22+/t32-,33+,34-,37+,38-,43-,44-,46?,47-,48?,49-,50+/m1/s1. The number of carbonyl (C=O) groups excluding carboxylic acids is 2. The van der Waals surface area contributed by atoms with E-state index in [1.807, 2.05) is 75.5 Å². The predicted octanol–water partition coefficient (Wildman–Crippen LogP) is 5.03. The van der Waals surface area contributed by atoms with Gasteiger partial charge in [0.2, 0.25) is 0 Å². The Kier molecular flexibility index (Phi) is 17.7. The molecule has 6 rings (SSSR count). The number of hydrogen-bond acceptors (Lipinski definition) is 14. The normalized spacial score (nSPS) is 31.2. The molecule has 15 heteroatoms. The summed E-state index contributed by atoms with van der Waals surface area (Å²) in [6.45, 7) is 10.3. The average molecular weight is 897 g/mol. The number of aliphatic hydroxyl groups excluding tert-OH is 4. The largest absolute Gasteiger partial charge is 0.462 e. The number of hydrogen-bond donors (Lipinski definition) is 4. The van der Waals surface area contributed by atoms with Gasteiger partial charge >= 0.3 is 5.97 Å². The van der Waals surface area contributed by atoms with Crippen molar-refractivity contribution < 1.29 is 44.2 Å². The molecule has 4 heterocycles. The fourth-order valence-corrected chi connectivity index (χ4v) is 9.17. The van der Waals surface area contributed by atoms with Crippen LogP contribution in [-0.4, -0.2) is 138 Å². The molecule has 2 aromatic carbocycles. The molecule has 0 spiro atoms. The second-order valence-electron chi connectivity index (χ2n) is 18.2. The molecule has 4 N–H and O–H groups in total. The van der Waals surface area contributed by atoms with Gasteiger partial charge in [-0.1, -0.05) is 92.2 Å². The van der Waals surface area contributed by atoms with Crippen LogP contribution in [0.2, 0.25) is 0 Å². The van der Waals surface area contributed by atoms with Crippen LogP contribution in [0.1, 0.15) is 71.6 Å². The van der Waals surface area contributed by atoms with Crippen molar-refractivity contribution in [2.75, 3.05) is 27.2 Å². The zero-order valence-electron chi connectivity index (χ0n) is 38.8. The van der Waals surface area contributed by atoms with Crippen LogP contribution < -0.4 is 0 Å². The summed E-state index contributed by atoms with van der Waals surface area (Å²) in [6, 6.07) is 19.3. The van der Waals surface area contributed by atoms with Gasteiger partial charge in [-0.25, -0.2) is 4.68 Å². The molecule has 65 heavy (non-hydrogen) atoms. The molecule has 1 saturated heterocycles. The number of nitrogens with zero attached hydrogens (tertiary/aromatic N) is 6. The number of aliphatic hydroxyl groups is 4. The van der Waals surface area contributed by atoms with Gasteiger partial charge in [-0.15, -0.1) is 5.10 Å². The molecule has 0 amide bonds. The number of esters is 1. The molecule has 4 aromatic rings. The number of rotatable bonds is 13. The van der Waals surface area contributed by atoms with E-state index >= 15 is 0 Å². The summed E-state index contributed by atoms with van der Waals surface area (Å²) in [7, 11) is 3.53. The average Bonchev–Trinajstić information content (AvgIpc) is 3.76. The van der Waals surface area contributed by atoms with Crippen molar-refractivity contribution >= 4 is 22.7 Å². The third-order valence-electron chi connectivity index (χ3n) is 13.0. The minimum absolute atomic E-state index is 0.111. The number of aromatic nitrogens is 4. The van der Waals surface area contributed by atoms with Gasteiger partial charge in [-0.2, -0.15) is 0 Å². The lowest BCUT2D eigenvalue weighted by molar-refractivity contribution is -0.304. The number of ether oxygens (including phenoxy) is 3. The highest BCUT2D eigenvalue weighted by Crippen LogP contribution is 2.35. The molecule has 2 aliphatic rings. The molecule has 0 saturated carbocycles. The van der Waals surface area contributed by atoms with Crippen LogP contribution in [0.3, 0.4) is 0 Å². The Hall–Kier alpha value is -4.71. The number of carbonyl (C=O) groups is 2. The van der Waals surface area contributed by atoms with Gasteiger partial charge in [-0.05, 0) is 83.4 Å². The van der Waals surface area contributed by atoms with E-state index in [1.54, 1.807) is 61.9 Å². The maximum absolute atomic E-state index is 14.0. The summed E-state index contributed by atoms with van der Waals surface area (Å²) in [4.78, 5) is 36.1. The van der Waals surface area contributed by atoms with E-state index in [-0.39, 0.29) is 18.8 Å². The van der Waals surface area contributed by atoms with Crippen molar-refractivity contribution in [2.45, 2.75) is 122 Å². The summed E-state index contributed by atoms with van der Waals surface area (Å²) in [5, 5.41) is 55.0. The van der Waals surface area contributed by atoms with Crippen molar-refractivity contribution in [3.05, 3.63) is 108 Å². The Labute approximate surface area is 382 Å². The molecular formula is C50H68N6O9. The van der Waals surface area contributed by atoms with E-state index in [0.717, 1.165) is 33.4 Å². The Bertz CT molecular complexity index is 2220. The number of cyclic esters (lactones) is 1.